The van der Waals surface area contributed by atoms with E-state index in [0.717, 1.165) is 51.9 Å². The van der Waals surface area contributed by atoms with Crippen molar-refractivity contribution in [3.8, 4) is 0 Å². The highest BCUT2D eigenvalue weighted by molar-refractivity contribution is 5.68. The molecule has 0 spiro atoms. The minimum Gasteiger partial charge on any atom is -0.481 e. The predicted molar refractivity (Wildman–Crippen MR) is 92.3 cm³/mol. The lowest BCUT2D eigenvalue weighted by Crippen LogP contribution is -2.53. The normalized spacial score (nSPS) is 28.7. The Morgan fingerprint density at radius 2 is 1.88 bits per heavy atom. The monoisotopic (exact) mass is 333 g/mol. The second kappa shape index (κ2) is 7.49. The third kappa shape index (κ3) is 3.87. The maximum absolute atomic E-state index is 11.1. The minimum absolute atomic E-state index is 0.117. The van der Waals surface area contributed by atoms with Gasteiger partial charge in [0.25, 0.3) is 0 Å². The van der Waals surface area contributed by atoms with Gasteiger partial charge in [-0.25, -0.2) is 0 Å². The van der Waals surface area contributed by atoms with Gasteiger partial charge in [-0.05, 0) is 37.8 Å². The molecule has 3 rings (SSSR count). The fourth-order valence-corrected chi connectivity index (χ4v) is 4.12. The van der Waals surface area contributed by atoms with E-state index in [9.17, 15) is 4.79 Å². The zero-order chi connectivity index (χ0) is 17.0. The molecule has 1 aromatic rings. The van der Waals surface area contributed by atoms with E-state index in [4.69, 9.17) is 9.84 Å². The summed E-state index contributed by atoms with van der Waals surface area (Å²) in [5.74, 6) is -0.763. The molecule has 24 heavy (non-hydrogen) atoms. The summed E-state index contributed by atoms with van der Waals surface area (Å²) in [5, 5.41) is 9.11. The van der Waals surface area contributed by atoms with Crippen LogP contribution in [0.15, 0.2) is 24.5 Å². The zero-order valence-corrected chi connectivity index (χ0v) is 14.4. The Balaban J connectivity index is 1.50. The lowest BCUT2D eigenvalue weighted by molar-refractivity contribution is -0.147. The van der Waals surface area contributed by atoms with Crippen molar-refractivity contribution in [2.75, 3.05) is 38.2 Å². The van der Waals surface area contributed by atoms with Gasteiger partial charge in [0, 0.05) is 57.4 Å². The molecule has 1 N–H and O–H groups in total. The van der Waals surface area contributed by atoms with Crippen LogP contribution < -0.4 is 4.90 Å². The first kappa shape index (κ1) is 17.2. The van der Waals surface area contributed by atoms with Crippen molar-refractivity contribution in [1.29, 1.82) is 0 Å². The van der Waals surface area contributed by atoms with Crippen molar-refractivity contribution in [3.63, 3.8) is 0 Å². The zero-order valence-electron chi connectivity index (χ0n) is 14.4. The van der Waals surface area contributed by atoms with Gasteiger partial charge >= 0.3 is 5.97 Å². The number of ether oxygens (including phenoxy) is 1. The number of anilines is 1. The van der Waals surface area contributed by atoms with Gasteiger partial charge in [-0.3, -0.25) is 14.7 Å². The maximum Gasteiger partial charge on any atom is 0.306 e. The first-order valence-electron chi connectivity index (χ1n) is 8.78. The minimum atomic E-state index is -0.763. The summed E-state index contributed by atoms with van der Waals surface area (Å²) in [6, 6.07) is 4.69. The van der Waals surface area contributed by atoms with Crippen molar-refractivity contribution in [1.82, 2.24) is 9.88 Å². The highest BCUT2D eigenvalue weighted by Crippen LogP contribution is 2.36. The van der Waals surface area contributed by atoms with Crippen molar-refractivity contribution < 1.29 is 14.6 Å². The van der Waals surface area contributed by atoms with E-state index in [2.05, 4.69) is 26.9 Å². The third-order valence-corrected chi connectivity index (χ3v) is 5.63. The van der Waals surface area contributed by atoms with Gasteiger partial charge in [-0.15, -0.1) is 0 Å². The van der Waals surface area contributed by atoms with E-state index in [1.165, 1.54) is 5.69 Å². The van der Waals surface area contributed by atoms with Crippen molar-refractivity contribution in [3.05, 3.63) is 24.5 Å². The van der Waals surface area contributed by atoms with Gasteiger partial charge in [-0.1, -0.05) is 0 Å². The Bertz CT molecular complexity index is 536. The molecule has 0 unspecified atom stereocenters. The number of methoxy groups -OCH3 is 1. The molecule has 1 saturated carbocycles. The van der Waals surface area contributed by atoms with E-state index >= 15 is 0 Å². The number of carbonyl (C=O) groups is 1. The molecule has 0 atom stereocenters. The van der Waals surface area contributed by atoms with E-state index in [-0.39, 0.29) is 6.42 Å². The largest absolute Gasteiger partial charge is 0.481 e. The summed E-state index contributed by atoms with van der Waals surface area (Å²) in [6.45, 7) is 4.19. The molecule has 2 heterocycles. The van der Waals surface area contributed by atoms with E-state index in [1.807, 2.05) is 12.4 Å². The molecule has 0 bridgehead atoms. The molecular formula is C18H27N3O3. The van der Waals surface area contributed by atoms with Crippen LogP contribution in [0, 0.1) is 0 Å². The average molecular weight is 333 g/mol. The summed E-state index contributed by atoms with van der Waals surface area (Å²) in [5.41, 5.74) is 0.787. The van der Waals surface area contributed by atoms with Gasteiger partial charge in [0.15, 0.2) is 0 Å². The van der Waals surface area contributed by atoms with E-state index in [1.54, 1.807) is 7.11 Å². The van der Waals surface area contributed by atoms with E-state index in [0.29, 0.717) is 6.04 Å². The number of nitrogens with zero attached hydrogens (tertiary/aromatic N) is 3. The lowest BCUT2D eigenvalue weighted by Gasteiger charge is -2.45. The van der Waals surface area contributed by atoms with Crippen LogP contribution in [0.2, 0.25) is 0 Å². The fourth-order valence-electron chi connectivity index (χ4n) is 4.12. The van der Waals surface area contributed by atoms with Crippen LogP contribution in [0.5, 0.6) is 0 Å². The number of aromatic nitrogens is 1. The summed E-state index contributed by atoms with van der Waals surface area (Å²) in [7, 11) is 1.65. The van der Waals surface area contributed by atoms with Crippen LogP contribution in [0.4, 0.5) is 5.69 Å². The summed E-state index contributed by atoms with van der Waals surface area (Å²) in [6.07, 6.45) is 7.53. The number of pyridine rings is 1. The molecule has 6 nitrogen and oxygen atoms in total. The predicted octanol–water partition coefficient (Wildman–Crippen LogP) is 2.01. The highest BCUT2D eigenvalue weighted by atomic mass is 16.5. The molecule has 1 aliphatic heterocycles. The molecule has 1 saturated heterocycles. The number of aliphatic carboxylic acids is 1. The molecule has 0 amide bonds. The first-order chi connectivity index (χ1) is 11.6. The van der Waals surface area contributed by atoms with Gasteiger partial charge in [0.2, 0.25) is 0 Å². The van der Waals surface area contributed by atoms with Crippen molar-refractivity contribution in [2.24, 2.45) is 0 Å². The highest BCUT2D eigenvalue weighted by Gasteiger charge is 2.39. The summed E-state index contributed by atoms with van der Waals surface area (Å²) >= 11 is 0. The van der Waals surface area contributed by atoms with Crippen LogP contribution in [-0.2, 0) is 9.53 Å². The standard InChI is InChI=1S/C18H27N3O3/c1-24-18(14-17(22)23)6-2-15(3-7-18)20-10-12-21(13-11-20)16-4-8-19-9-5-16/h4-5,8-9,15H,2-3,6-7,10-14H2,1H3,(H,22,23). The SMILES string of the molecule is COC1(CC(=O)O)CCC(N2CCN(c3ccncc3)CC2)CC1. The Labute approximate surface area is 143 Å². The molecule has 0 radical (unpaired) electrons. The first-order valence-corrected chi connectivity index (χ1v) is 8.78. The maximum atomic E-state index is 11.1. The Morgan fingerprint density at radius 1 is 1.25 bits per heavy atom. The molecule has 0 aromatic carbocycles. The summed E-state index contributed by atoms with van der Waals surface area (Å²) < 4.78 is 5.59. The topological polar surface area (TPSA) is 65.9 Å². The number of carboxylic acid groups (broad SMARTS) is 1. The smallest absolute Gasteiger partial charge is 0.306 e. The number of rotatable bonds is 5. The Morgan fingerprint density at radius 3 is 2.42 bits per heavy atom. The fraction of sp³-hybridized carbons (Fsp3) is 0.667. The van der Waals surface area contributed by atoms with Crippen LogP contribution in [0.3, 0.4) is 0 Å². The number of piperazine rings is 1. The molecule has 2 fully saturated rings. The molecule has 132 valence electrons. The van der Waals surface area contributed by atoms with Gasteiger partial charge in [-0.2, -0.15) is 0 Å². The van der Waals surface area contributed by atoms with Crippen LogP contribution in [0.25, 0.3) is 0 Å². The number of carboxylic acids is 1. The second-order valence-electron chi connectivity index (χ2n) is 6.92. The van der Waals surface area contributed by atoms with Gasteiger partial charge in [0.1, 0.15) is 0 Å². The molecule has 1 aliphatic carbocycles. The average Bonchev–Trinajstić information content (AvgIpc) is 2.63. The second-order valence-corrected chi connectivity index (χ2v) is 6.92. The van der Waals surface area contributed by atoms with Crippen LogP contribution in [0.1, 0.15) is 32.1 Å². The summed E-state index contributed by atoms with van der Waals surface area (Å²) in [4.78, 5) is 20.1. The molecule has 6 heteroatoms. The van der Waals surface area contributed by atoms with Crippen molar-refractivity contribution >= 4 is 11.7 Å². The van der Waals surface area contributed by atoms with E-state index < -0.39 is 11.6 Å². The lowest BCUT2D eigenvalue weighted by atomic mass is 9.79. The molecule has 1 aromatic heterocycles. The van der Waals surface area contributed by atoms with Crippen molar-refractivity contribution in [2.45, 2.75) is 43.7 Å². The van der Waals surface area contributed by atoms with Crippen LogP contribution >= 0.6 is 0 Å². The van der Waals surface area contributed by atoms with Gasteiger partial charge < -0.3 is 14.7 Å². The van der Waals surface area contributed by atoms with Gasteiger partial charge in [0.05, 0.1) is 12.0 Å². The number of hydrogen-bond acceptors (Lipinski definition) is 5. The molecule has 2 aliphatic rings. The third-order valence-electron chi connectivity index (χ3n) is 5.63. The van der Waals surface area contributed by atoms with Crippen LogP contribution in [-0.4, -0.2) is 65.9 Å². The quantitative estimate of drug-likeness (QED) is 0.889. The number of hydrogen-bond donors (Lipinski definition) is 1. The Hall–Kier alpha value is -1.66. The Kier molecular flexibility index (Phi) is 5.36. The molecular weight excluding hydrogens is 306 g/mol.